The molecule has 0 heterocycles. The summed E-state index contributed by atoms with van der Waals surface area (Å²) in [7, 11) is 0. The summed E-state index contributed by atoms with van der Waals surface area (Å²) in [5, 5.41) is 11.5. The topological polar surface area (TPSA) is 92.4 Å². The second-order valence-electron chi connectivity index (χ2n) is 4.37. The maximum atomic E-state index is 12.1. The third-order valence-corrected chi connectivity index (χ3v) is 2.92. The first-order valence-corrected chi connectivity index (χ1v) is 6.39. The van der Waals surface area contributed by atoms with Crippen LogP contribution < -0.4 is 11.1 Å². The summed E-state index contributed by atoms with van der Waals surface area (Å²) in [6, 6.07) is 6.88. The third-order valence-electron chi connectivity index (χ3n) is 2.92. The van der Waals surface area contributed by atoms with E-state index in [0.29, 0.717) is 24.9 Å². The van der Waals surface area contributed by atoms with E-state index in [1.54, 1.807) is 12.1 Å². The Morgan fingerprint density at radius 3 is 2.63 bits per heavy atom. The van der Waals surface area contributed by atoms with E-state index in [2.05, 4.69) is 5.32 Å². The standard InChI is InChI=1S/C14H20N2O3/c1-2-11(9-13(17)18)16-14(19)12-6-4-3-5-10(12)7-8-15/h3-6,11H,2,7-9,15H2,1H3,(H,16,19)(H,17,18). The van der Waals surface area contributed by atoms with Crippen molar-refractivity contribution in [2.75, 3.05) is 6.54 Å². The highest BCUT2D eigenvalue weighted by Crippen LogP contribution is 2.10. The minimum absolute atomic E-state index is 0.0682. The minimum Gasteiger partial charge on any atom is -0.481 e. The fourth-order valence-electron chi connectivity index (χ4n) is 1.89. The van der Waals surface area contributed by atoms with Gasteiger partial charge in [0.1, 0.15) is 0 Å². The first-order valence-electron chi connectivity index (χ1n) is 6.39. The van der Waals surface area contributed by atoms with Crippen molar-refractivity contribution >= 4 is 11.9 Å². The molecule has 1 rings (SSSR count). The highest BCUT2D eigenvalue weighted by molar-refractivity contribution is 5.96. The first kappa shape index (κ1) is 15.2. The lowest BCUT2D eigenvalue weighted by molar-refractivity contribution is -0.137. The van der Waals surface area contributed by atoms with Gasteiger partial charge in [-0.15, -0.1) is 0 Å². The molecule has 0 aromatic heterocycles. The lowest BCUT2D eigenvalue weighted by Crippen LogP contribution is -2.36. The molecule has 0 fully saturated rings. The molecule has 1 amide bonds. The smallest absolute Gasteiger partial charge is 0.305 e. The third kappa shape index (κ3) is 4.71. The lowest BCUT2D eigenvalue weighted by Gasteiger charge is -2.16. The average Bonchev–Trinajstić information content (AvgIpc) is 2.38. The number of hydrogen-bond donors (Lipinski definition) is 3. The number of nitrogens with two attached hydrogens (primary N) is 1. The fraction of sp³-hybridized carbons (Fsp3) is 0.429. The van der Waals surface area contributed by atoms with Crippen LogP contribution in [0.15, 0.2) is 24.3 Å². The number of carboxylic acids is 1. The molecule has 1 atom stereocenters. The highest BCUT2D eigenvalue weighted by Gasteiger charge is 2.16. The van der Waals surface area contributed by atoms with Crippen LogP contribution in [0, 0.1) is 0 Å². The molecule has 4 N–H and O–H groups in total. The van der Waals surface area contributed by atoms with Gasteiger partial charge >= 0.3 is 5.97 Å². The molecule has 0 aliphatic carbocycles. The van der Waals surface area contributed by atoms with Crippen LogP contribution in [0.2, 0.25) is 0 Å². The maximum Gasteiger partial charge on any atom is 0.305 e. The van der Waals surface area contributed by atoms with E-state index in [0.717, 1.165) is 5.56 Å². The maximum absolute atomic E-state index is 12.1. The van der Waals surface area contributed by atoms with Crippen LogP contribution in [0.1, 0.15) is 35.7 Å². The number of hydrogen-bond acceptors (Lipinski definition) is 3. The Morgan fingerprint density at radius 1 is 1.37 bits per heavy atom. The van der Waals surface area contributed by atoms with Crippen molar-refractivity contribution in [2.45, 2.75) is 32.2 Å². The largest absolute Gasteiger partial charge is 0.481 e. The van der Waals surface area contributed by atoms with Gasteiger partial charge in [0.15, 0.2) is 0 Å². The molecule has 1 aromatic carbocycles. The molecule has 5 nitrogen and oxygen atoms in total. The number of amides is 1. The molecule has 0 saturated heterocycles. The van der Waals surface area contributed by atoms with E-state index >= 15 is 0 Å². The summed E-state index contributed by atoms with van der Waals surface area (Å²) < 4.78 is 0. The van der Waals surface area contributed by atoms with Gasteiger partial charge in [-0.2, -0.15) is 0 Å². The van der Waals surface area contributed by atoms with E-state index in [4.69, 9.17) is 10.8 Å². The SMILES string of the molecule is CCC(CC(=O)O)NC(=O)c1ccccc1CCN. The van der Waals surface area contributed by atoms with Crippen molar-refractivity contribution < 1.29 is 14.7 Å². The van der Waals surface area contributed by atoms with Crippen molar-refractivity contribution in [2.24, 2.45) is 5.73 Å². The van der Waals surface area contributed by atoms with Crippen molar-refractivity contribution in [3.8, 4) is 0 Å². The summed E-state index contributed by atoms with van der Waals surface area (Å²) in [6.07, 6.45) is 1.14. The van der Waals surface area contributed by atoms with Gasteiger partial charge in [-0.3, -0.25) is 9.59 Å². The number of carbonyl (C=O) groups is 2. The Hall–Kier alpha value is -1.88. The zero-order chi connectivity index (χ0) is 14.3. The van der Waals surface area contributed by atoms with E-state index in [9.17, 15) is 9.59 Å². The molecule has 0 saturated carbocycles. The molecule has 0 bridgehead atoms. The lowest BCUT2D eigenvalue weighted by atomic mass is 10.0. The molecule has 1 unspecified atom stereocenters. The molecule has 0 spiro atoms. The predicted molar refractivity (Wildman–Crippen MR) is 73.0 cm³/mol. The van der Waals surface area contributed by atoms with Crippen LogP contribution in [0.5, 0.6) is 0 Å². The zero-order valence-corrected chi connectivity index (χ0v) is 11.1. The van der Waals surface area contributed by atoms with Crippen LogP contribution in [-0.4, -0.2) is 29.6 Å². The molecule has 5 heteroatoms. The molecular weight excluding hydrogens is 244 g/mol. The van der Waals surface area contributed by atoms with Crippen LogP contribution in [-0.2, 0) is 11.2 Å². The molecule has 104 valence electrons. The number of rotatable bonds is 7. The summed E-state index contributed by atoms with van der Waals surface area (Å²) in [6.45, 7) is 2.32. The Morgan fingerprint density at radius 2 is 2.05 bits per heavy atom. The summed E-state index contributed by atoms with van der Waals surface area (Å²) >= 11 is 0. The van der Waals surface area contributed by atoms with Crippen LogP contribution in [0.3, 0.4) is 0 Å². The number of aliphatic carboxylic acids is 1. The molecule has 1 aromatic rings. The van der Waals surface area contributed by atoms with Gasteiger partial charge in [0.25, 0.3) is 5.91 Å². The van der Waals surface area contributed by atoms with Gasteiger partial charge in [0.2, 0.25) is 0 Å². The Labute approximate surface area is 112 Å². The number of nitrogens with one attached hydrogen (secondary N) is 1. The van der Waals surface area contributed by atoms with E-state index in [1.165, 1.54) is 0 Å². The van der Waals surface area contributed by atoms with Crippen LogP contribution >= 0.6 is 0 Å². The van der Waals surface area contributed by atoms with Gasteiger partial charge in [-0.1, -0.05) is 25.1 Å². The molecule has 19 heavy (non-hydrogen) atoms. The van der Waals surface area contributed by atoms with E-state index in [-0.39, 0.29) is 18.4 Å². The van der Waals surface area contributed by atoms with Crippen molar-refractivity contribution in [1.82, 2.24) is 5.32 Å². The number of carboxylic acid groups (broad SMARTS) is 1. The van der Waals surface area contributed by atoms with Crippen molar-refractivity contribution in [3.05, 3.63) is 35.4 Å². The van der Waals surface area contributed by atoms with Gasteiger partial charge in [0, 0.05) is 11.6 Å². The Balaban J connectivity index is 2.79. The quantitative estimate of drug-likeness (QED) is 0.689. The normalized spacial score (nSPS) is 11.9. The summed E-state index contributed by atoms with van der Waals surface area (Å²) in [5.74, 6) is -1.15. The minimum atomic E-state index is -0.914. The number of benzene rings is 1. The Kier molecular flexibility index (Phi) is 6.02. The summed E-state index contributed by atoms with van der Waals surface area (Å²) in [5.41, 5.74) is 6.96. The van der Waals surface area contributed by atoms with Crippen molar-refractivity contribution in [1.29, 1.82) is 0 Å². The second kappa shape index (κ2) is 7.53. The summed E-state index contributed by atoms with van der Waals surface area (Å²) in [4.78, 5) is 22.8. The predicted octanol–water partition coefficient (Wildman–Crippen LogP) is 1.17. The molecule has 0 aliphatic rings. The monoisotopic (exact) mass is 264 g/mol. The Bertz CT molecular complexity index is 446. The van der Waals surface area contributed by atoms with E-state index in [1.807, 2.05) is 19.1 Å². The molecule has 0 aliphatic heterocycles. The average molecular weight is 264 g/mol. The van der Waals surface area contributed by atoms with E-state index < -0.39 is 5.97 Å². The van der Waals surface area contributed by atoms with Gasteiger partial charge < -0.3 is 16.2 Å². The van der Waals surface area contributed by atoms with Gasteiger partial charge in [-0.05, 0) is 31.0 Å². The molecule has 0 radical (unpaired) electrons. The van der Waals surface area contributed by atoms with Crippen LogP contribution in [0.25, 0.3) is 0 Å². The van der Waals surface area contributed by atoms with Crippen LogP contribution in [0.4, 0.5) is 0 Å². The zero-order valence-electron chi connectivity index (χ0n) is 11.1. The number of carbonyl (C=O) groups excluding carboxylic acids is 1. The van der Waals surface area contributed by atoms with Gasteiger partial charge in [-0.25, -0.2) is 0 Å². The highest BCUT2D eigenvalue weighted by atomic mass is 16.4. The second-order valence-corrected chi connectivity index (χ2v) is 4.37. The fourth-order valence-corrected chi connectivity index (χ4v) is 1.89. The first-order chi connectivity index (χ1) is 9.08. The molecular formula is C14H20N2O3. The van der Waals surface area contributed by atoms with Crippen molar-refractivity contribution in [3.63, 3.8) is 0 Å². The van der Waals surface area contributed by atoms with Gasteiger partial charge in [0.05, 0.1) is 6.42 Å².